The van der Waals surface area contributed by atoms with Crippen LogP contribution in [0.5, 0.6) is 0 Å². The molecule has 0 spiro atoms. The van der Waals surface area contributed by atoms with E-state index in [0.29, 0.717) is 0 Å². The van der Waals surface area contributed by atoms with Gasteiger partial charge in [0.25, 0.3) is 0 Å². The van der Waals surface area contributed by atoms with Crippen molar-refractivity contribution in [3.8, 4) is 0 Å². The molecule has 4 heteroatoms. The second kappa shape index (κ2) is 4.75. The molecule has 0 amide bonds. The highest BCUT2D eigenvalue weighted by molar-refractivity contribution is 5.72. The van der Waals surface area contributed by atoms with Gasteiger partial charge in [0.05, 0.1) is 12.2 Å². The summed E-state index contributed by atoms with van der Waals surface area (Å²) < 4.78 is 5.33. The first-order valence-electron chi connectivity index (χ1n) is 5.08. The van der Waals surface area contributed by atoms with Crippen molar-refractivity contribution < 1.29 is 19.7 Å². The van der Waals surface area contributed by atoms with E-state index in [0.717, 1.165) is 19.3 Å². The minimum Gasteiger partial charge on any atom is -0.479 e. The minimum absolute atomic E-state index is 0.133. The fourth-order valence-electron chi connectivity index (χ4n) is 1.46. The first-order chi connectivity index (χ1) is 6.52. The van der Waals surface area contributed by atoms with Gasteiger partial charge in [0.2, 0.25) is 0 Å². The van der Waals surface area contributed by atoms with E-state index in [9.17, 15) is 9.90 Å². The van der Waals surface area contributed by atoms with Gasteiger partial charge in [-0.1, -0.05) is 6.42 Å². The van der Waals surface area contributed by atoms with Crippen LogP contribution in [-0.2, 0) is 9.53 Å². The van der Waals surface area contributed by atoms with Gasteiger partial charge >= 0.3 is 5.97 Å². The lowest BCUT2D eigenvalue weighted by molar-refractivity contribution is -0.166. The first kappa shape index (κ1) is 11.5. The topological polar surface area (TPSA) is 66.8 Å². The summed E-state index contributed by atoms with van der Waals surface area (Å²) in [6, 6.07) is 0. The third-order valence-electron chi connectivity index (χ3n) is 2.86. The summed E-state index contributed by atoms with van der Waals surface area (Å²) >= 11 is 0. The summed E-state index contributed by atoms with van der Waals surface area (Å²) in [6.45, 7) is 3.30. The summed E-state index contributed by atoms with van der Waals surface area (Å²) in [7, 11) is 0. The molecule has 82 valence electrons. The summed E-state index contributed by atoms with van der Waals surface area (Å²) in [5.74, 6) is -0.782. The van der Waals surface area contributed by atoms with E-state index in [2.05, 4.69) is 0 Å². The Kier molecular flexibility index (Phi) is 3.89. The van der Waals surface area contributed by atoms with Crippen LogP contribution in [-0.4, -0.2) is 34.5 Å². The number of rotatable bonds is 5. The fourth-order valence-corrected chi connectivity index (χ4v) is 1.46. The van der Waals surface area contributed by atoms with Crippen LogP contribution in [0.4, 0.5) is 0 Å². The Hall–Kier alpha value is -0.610. The molecule has 2 N–H and O–H groups in total. The Labute approximate surface area is 83.9 Å². The van der Waals surface area contributed by atoms with Gasteiger partial charge in [-0.3, -0.25) is 0 Å². The average Bonchev–Trinajstić information content (AvgIpc) is 1.99. The molecule has 1 saturated carbocycles. The van der Waals surface area contributed by atoms with Gasteiger partial charge in [0, 0.05) is 0 Å². The molecular formula is C10H18O4. The molecule has 0 aromatic heterocycles. The predicted molar refractivity (Wildman–Crippen MR) is 51.0 cm³/mol. The van der Waals surface area contributed by atoms with E-state index in [1.807, 2.05) is 0 Å². The Bertz CT molecular complexity index is 198. The molecule has 1 aliphatic carbocycles. The van der Waals surface area contributed by atoms with E-state index in [-0.39, 0.29) is 5.92 Å². The lowest BCUT2D eigenvalue weighted by atomic mass is 9.81. The molecule has 1 rings (SSSR count). The van der Waals surface area contributed by atoms with E-state index < -0.39 is 24.3 Å². The zero-order valence-electron chi connectivity index (χ0n) is 8.64. The molecule has 4 nitrogen and oxygen atoms in total. The third kappa shape index (κ3) is 2.69. The van der Waals surface area contributed by atoms with Crippen molar-refractivity contribution in [3.05, 3.63) is 0 Å². The SMILES string of the molecule is CC(O)C(C)OC(C(=O)O)C1CCC1. The largest absolute Gasteiger partial charge is 0.479 e. The fraction of sp³-hybridized carbons (Fsp3) is 0.900. The monoisotopic (exact) mass is 202 g/mol. The van der Waals surface area contributed by atoms with Gasteiger partial charge in [-0.15, -0.1) is 0 Å². The molecular weight excluding hydrogens is 184 g/mol. The van der Waals surface area contributed by atoms with Crippen LogP contribution in [0.2, 0.25) is 0 Å². The van der Waals surface area contributed by atoms with Crippen molar-refractivity contribution in [1.82, 2.24) is 0 Å². The molecule has 0 saturated heterocycles. The van der Waals surface area contributed by atoms with Crippen LogP contribution in [0, 0.1) is 5.92 Å². The van der Waals surface area contributed by atoms with Crippen LogP contribution in [0.3, 0.4) is 0 Å². The Morgan fingerprint density at radius 1 is 1.43 bits per heavy atom. The van der Waals surface area contributed by atoms with Crippen molar-refractivity contribution in [2.24, 2.45) is 5.92 Å². The summed E-state index contributed by atoms with van der Waals surface area (Å²) in [4.78, 5) is 10.9. The van der Waals surface area contributed by atoms with Crippen molar-refractivity contribution >= 4 is 5.97 Å². The number of carboxylic acids is 1. The standard InChI is InChI=1S/C10H18O4/c1-6(11)7(2)14-9(10(12)13)8-4-3-5-8/h6-9,11H,3-5H2,1-2H3,(H,12,13). The van der Waals surface area contributed by atoms with E-state index in [1.54, 1.807) is 13.8 Å². The van der Waals surface area contributed by atoms with Crippen LogP contribution < -0.4 is 0 Å². The lowest BCUT2D eigenvalue weighted by Gasteiger charge is -2.33. The Morgan fingerprint density at radius 3 is 2.29 bits per heavy atom. The molecule has 3 atom stereocenters. The number of aliphatic hydroxyl groups excluding tert-OH is 1. The highest BCUT2D eigenvalue weighted by atomic mass is 16.5. The minimum atomic E-state index is -0.915. The molecule has 1 fully saturated rings. The molecule has 0 aliphatic heterocycles. The molecule has 0 aromatic rings. The van der Waals surface area contributed by atoms with Gasteiger partial charge in [0.1, 0.15) is 0 Å². The van der Waals surface area contributed by atoms with Crippen LogP contribution in [0.25, 0.3) is 0 Å². The number of aliphatic carboxylic acids is 1. The Morgan fingerprint density at radius 2 is 2.00 bits per heavy atom. The second-order valence-electron chi connectivity index (χ2n) is 4.03. The molecule has 0 radical (unpaired) electrons. The normalized spacial score (nSPS) is 23.6. The molecule has 1 aliphatic rings. The lowest BCUT2D eigenvalue weighted by Crippen LogP contribution is -2.40. The average molecular weight is 202 g/mol. The van der Waals surface area contributed by atoms with Crippen LogP contribution in [0.1, 0.15) is 33.1 Å². The van der Waals surface area contributed by atoms with Gasteiger partial charge in [0.15, 0.2) is 6.10 Å². The van der Waals surface area contributed by atoms with Crippen LogP contribution in [0.15, 0.2) is 0 Å². The quantitative estimate of drug-likeness (QED) is 0.698. The number of hydrogen-bond donors (Lipinski definition) is 2. The number of aliphatic hydroxyl groups is 1. The van der Waals surface area contributed by atoms with E-state index >= 15 is 0 Å². The van der Waals surface area contributed by atoms with Crippen molar-refractivity contribution in [1.29, 1.82) is 0 Å². The zero-order valence-corrected chi connectivity index (χ0v) is 8.64. The summed E-state index contributed by atoms with van der Waals surface area (Å²) in [5.41, 5.74) is 0. The number of ether oxygens (including phenoxy) is 1. The maximum absolute atomic E-state index is 10.9. The summed E-state index contributed by atoms with van der Waals surface area (Å²) in [6.07, 6.45) is 1.13. The molecule has 0 heterocycles. The molecule has 14 heavy (non-hydrogen) atoms. The maximum Gasteiger partial charge on any atom is 0.333 e. The molecule has 0 aromatic carbocycles. The van der Waals surface area contributed by atoms with E-state index in [1.165, 1.54) is 0 Å². The van der Waals surface area contributed by atoms with Gasteiger partial charge in [-0.05, 0) is 32.6 Å². The van der Waals surface area contributed by atoms with Gasteiger partial charge in [-0.25, -0.2) is 4.79 Å². The zero-order chi connectivity index (χ0) is 10.7. The number of hydrogen-bond acceptors (Lipinski definition) is 3. The smallest absolute Gasteiger partial charge is 0.333 e. The van der Waals surface area contributed by atoms with Crippen LogP contribution >= 0.6 is 0 Å². The highest BCUT2D eigenvalue weighted by Crippen LogP contribution is 2.32. The number of carboxylic acid groups (broad SMARTS) is 1. The first-order valence-corrected chi connectivity index (χ1v) is 5.08. The maximum atomic E-state index is 10.9. The molecule has 0 bridgehead atoms. The summed E-state index contributed by atoms with van der Waals surface area (Å²) in [5, 5.41) is 18.1. The highest BCUT2D eigenvalue weighted by Gasteiger charge is 2.35. The van der Waals surface area contributed by atoms with Crippen molar-refractivity contribution in [2.45, 2.75) is 51.4 Å². The molecule has 3 unspecified atom stereocenters. The van der Waals surface area contributed by atoms with E-state index in [4.69, 9.17) is 9.84 Å². The predicted octanol–water partition coefficient (Wildman–Crippen LogP) is 1.03. The van der Waals surface area contributed by atoms with Crippen molar-refractivity contribution in [2.75, 3.05) is 0 Å². The van der Waals surface area contributed by atoms with Crippen molar-refractivity contribution in [3.63, 3.8) is 0 Å². The number of carbonyl (C=O) groups is 1. The Balaban J connectivity index is 2.46. The third-order valence-corrected chi connectivity index (χ3v) is 2.86. The van der Waals surface area contributed by atoms with Gasteiger partial charge in [-0.2, -0.15) is 0 Å². The van der Waals surface area contributed by atoms with Gasteiger partial charge < -0.3 is 14.9 Å². The second-order valence-corrected chi connectivity index (χ2v) is 4.03.